The van der Waals surface area contributed by atoms with Gasteiger partial charge in [0.2, 0.25) is 0 Å². The van der Waals surface area contributed by atoms with E-state index in [-0.39, 0.29) is 5.41 Å². The molecule has 0 aliphatic rings. The first kappa shape index (κ1) is 12.7. The molecular formula is C11H23NO. The summed E-state index contributed by atoms with van der Waals surface area (Å²) >= 11 is 0. The average molecular weight is 185 g/mol. The van der Waals surface area contributed by atoms with Crippen LogP contribution in [0.3, 0.4) is 0 Å². The predicted molar refractivity (Wildman–Crippen MR) is 58.0 cm³/mol. The molecule has 0 bridgehead atoms. The number of hydrogen-bond donors (Lipinski definition) is 1. The Morgan fingerprint density at radius 2 is 2.08 bits per heavy atom. The minimum Gasteiger partial charge on any atom is -0.377 e. The van der Waals surface area contributed by atoms with Crippen LogP contribution in [0.5, 0.6) is 0 Å². The summed E-state index contributed by atoms with van der Waals surface area (Å²) in [6.07, 6.45) is 4.04. The number of ether oxygens (including phenoxy) is 1. The molecule has 0 atom stereocenters. The molecule has 0 aliphatic carbocycles. The van der Waals surface area contributed by atoms with Crippen molar-refractivity contribution in [2.75, 3.05) is 26.3 Å². The van der Waals surface area contributed by atoms with Gasteiger partial charge in [0.1, 0.15) is 0 Å². The number of hydrogen-bond acceptors (Lipinski definition) is 2. The van der Waals surface area contributed by atoms with Gasteiger partial charge in [0.25, 0.3) is 0 Å². The largest absolute Gasteiger partial charge is 0.377 e. The number of allylic oxidation sites excluding steroid dienone is 1. The topological polar surface area (TPSA) is 21.3 Å². The van der Waals surface area contributed by atoms with Crippen LogP contribution in [0.4, 0.5) is 0 Å². The Morgan fingerprint density at radius 3 is 2.62 bits per heavy atom. The molecule has 13 heavy (non-hydrogen) atoms. The Bertz CT molecular complexity index is 141. The fourth-order valence-corrected chi connectivity index (χ4v) is 1.01. The Kier molecular flexibility index (Phi) is 6.92. The van der Waals surface area contributed by atoms with E-state index in [2.05, 4.69) is 26.1 Å². The van der Waals surface area contributed by atoms with Gasteiger partial charge in [-0.1, -0.05) is 32.9 Å². The molecule has 0 spiro atoms. The summed E-state index contributed by atoms with van der Waals surface area (Å²) in [5.74, 6) is 0. The maximum atomic E-state index is 5.51. The summed E-state index contributed by atoms with van der Waals surface area (Å²) in [6.45, 7) is 12.1. The molecule has 0 fully saturated rings. The van der Waals surface area contributed by atoms with Crippen molar-refractivity contribution in [3.63, 3.8) is 0 Å². The molecule has 78 valence electrons. The molecule has 0 amide bonds. The van der Waals surface area contributed by atoms with E-state index in [1.54, 1.807) is 0 Å². The molecule has 1 N–H and O–H groups in total. The molecule has 0 unspecified atom stereocenters. The summed E-state index contributed by atoms with van der Waals surface area (Å²) < 4.78 is 5.51. The molecule has 0 aromatic rings. The van der Waals surface area contributed by atoms with Gasteiger partial charge in [-0.2, -0.15) is 0 Å². The number of rotatable bonds is 7. The maximum absolute atomic E-state index is 5.51. The summed E-state index contributed by atoms with van der Waals surface area (Å²) in [7, 11) is 0. The smallest absolute Gasteiger partial charge is 0.0647 e. The van der Waals surface area contributed by atoms with Gasteiger partial charge >= 0.3 is 0 Å². The van der Waals surface area contributed by atoms with Gasteiger partial charge < -0.3 is 10.1 Å². The third kappa shape index (κ3) is 8.00. The fourth-order valence-electron chi connectivity index (χ4n) is 1.01. The Labute approximate surface area is 82.4 Å². The summed E-state index contributed by atoms with van der Waals surface area (Å²) in [4.78, 5) is 0. The van der Waals surface area contributed by atoms with Gasteiger partial charge in [-0.15, -0.1) is 0 Å². The Morgan fingerprint density at radius 1 is 1.38 bits per heavy atom. The second-order valence-electron chi connectivity index (χ2n) is 4.03. The van der Waals surface area contributed by atoms with Crippen LogP contribution in [0.2, 0.25) is 0 Å². The van der Waals surface area contributed by atoms with Crippen LogP contribution < -0.4 is 5.32 Å². The van der Waals surface area contributed by atoms with Crippen molar-refractivity contribution in [1.82, 2.24) is 5.32 Å². The van der Waals surface area contributed by atoms with Crippen molar-refractivity contribution >= 4 is 0 Å². The van der Waals surface area contributed by atoms with Gasteiger partial charge in [0.15, 0.2) is 0 Å². The molecule has 0 aromatic carbocycles. The van der Waals surface area contributed by atoms with Crippen LogP contribution >= 0.6 is 0 Å². The molecule has 0 rings (SSSR count). The highest BCUT2D eigenvalue weighted by molar-refractivity contribution is 4.77. The highest BCUT2D eigenvalue weighted by Gasteiger charge is 2.16. The van der Waals surface area contributed by atoms with E-state index in [9.17, 15) is 0 Å². The second kappa shape index (κ2) is 7.10. The SMILES string of the molecule is CC=CCOCC(C)(C)CNCC. The zero-order valence-electron chi connectivity index (χ0n) is 9.39. The van der Waals surface area contributed by atoms with Crippen molar-refractivity contribution in [1.29, 1.82) is 0 Å². The van der Waals surface area contributed by atoms with Crippen molar-refractivity contribution in [3.8, 4) is 0 Å². The summed E-state index contributed by atoms with van der Waals surface area (Å²) in [5, 5.41) is 3.33. The van der Waals surface area contributed by atoms with E-state index in [1.807, 2.05) is 19.1 Å². The lowest BCUT2D eigenvalue weighted by Crippen LogP contribution is -2.33. The van der Waals surface area contributed by atoms with Crippen LogP contribution in [-0.2, 0) is 4.74 Å². The van der Waals surface area contributed by atoms with Gasteiger partial charge in [-0.25, -0.2) is 0 Å². The van der Waals surface area contributed by atoms with E-state index in [1.165, 1.54) is 0 Å². The molecular weight excluding hydrogens is 162 g/mol. The van der Waals surface area contributed by atoms with Gasteiger partial charge in [-0.3, -0.25) is 0 Å². The molecule has 0 aliphatic heterocycles. The van der Waals surface area contributed by atoms with Crippen LogP contribution in [-0.4, -0.2) is 26.3 Å². The van der Waals surface area contributed by atoms with Crippen LogP contribution in [0.25, 0.3) is 0 Å². The van der Waals surface area contributed by atoms with Crippen molar-refractivity contribution in [2.45, 2.75) is 27.7 Å². The van der Waals surface area contributed by atoms with E-state index in [4.69, 9.17) is 4.74 Å². The van der Waals surface area contributed by atoms with Crippen molar-refractivity contribution < 1.29 is 4.74 Å². The Hall–Kier alpha value is -0.340. The third-order valence-corrected chi connectivity index (χ3v) is 1.80. The van der Waals surface area contributed by atoms with Crippen molar-refractivity contribution in [2.24, 2.45) is 5.41 Å². The second-order valence-corrected chi connectivity index (χ2v) is 4.03. The standard InChI is InChI=1S/C11H23NO/c1-5-7-8-13-10-11(3,4)9-12-6-2/h5,7,12H,6,8-10H2,1-4H3. The minimum absolute atomic E-state index is 0.234. The highest BCUT2D eigenvalue weighted by atomic mass is 16.5. The normalized spacial score (nSPS) is 12.6. The minimum atomic E-state index is 0.234. The third-order valence-electron chi connectivity index (χ3n) is 1.80. The zero-order chi connectivity index (χ0) is 10.2. The lowest BCUT2D eigenvalue weighted by Gasteiger charge is -2.24. The zero-order valence-corrected chi connectivity index (χ0v) is 9.39. The van der Waals surface area contributed by atoms with E-state index >= 15 is 0 Å². The quantitative estimate of drug-likeness (QED) is 0.485. The van der Waals surface area contributed by atoms with E-state index in [0.717, 1.165) is 26.3 Å². The lowest BCUT2D eigenvalue weighted by molar-refractivity contribution is 0.0805. The first-order chi connectivity index (χ1) is 6.12. The summed E-state index contributed by atoms with van der Waals surface area (Å²) in [6, 6.07) is 0. The molecule has 0 heterocycles. The lowest BCUT2D eigenvalue weighted by atomic mass is 9.95. The van der Waals surface area contributed by atoms with Crippen LogP contribution in [0, 0.1) is 5.41 Å². The number of nitrogens with one attached hydrogen (secondary N) is 1. The fraction of sp³-hybridized carbons (Fsp3) is 0.818. The Balaban J connectivity index is 3.49. The first-order valence-corrected chi connectivity index (χ1v) is 5.02. The summed E-state index contributed by atoms with van der Waals surface area (Å²) in [5.41, 5.74) is 0.234. The maximum Gasteiger partial charge on any atom is 0.0647 e. The van der Waals surface area contributed by atoms with Gasteiger partial charge in [0.05, 0.1) is 13.2 Å². The van der Waals surface area contributed by atoms with Gasteiger partial charge in [0, 0.05) is 12.0 Å². The van der Waals surface area contributed by atoms with E-state index < -0.39 is 0 Å². The van der Waals surface area contributed by atoms with Crippen LogP contribution in [0.15, 0.2) is 12.2 Å². The van der Waals surface area contributed by atoms with E-state index in [0.29, 0.717) is 0 Å². The molecule has 0 saturated carbocycles. The molecule has 0 aromatic heterocycles. The monoisotopic (exact) mass is 185 g/mol. The van der Waals surface area contributed by atoms with Crippen LogP contribution in [0.1, 0.15) is 27.7 Å². The molecule has 2 heteroatoms. The molecule has 0 radical (unpaired) electrons. The van der Waals surface area contributed by atoms with Crippen molar-refractivity contribution in [3.05, 3.63) is 12.2 Å². The predicted octanol–water partition coefficient (Wildman–Crippen LogP) is 2.21. The average Bonchev–Trinajstić information content (AvgIpc) is 2.09. The molecule has 0 saturated heterocycles. The van der Waals surface area contributed by atoms with Gasteiger partial charge in [-0.05, 0) is 13.5 Å². The molecule has 2 nitrogen and oxygen atoms in total. The highest BCUT2D eigenvalue weighted by Crippen LogP contribution is 2.13. The first-order valence-electron chi connectivity index (χ1n) is 5.02.